The van der Waals surface area contributed by atoms with Crippen molar-refractivity contribution in [1.29, 1.82) is 0 Å². The maximum Gasteiger partial charge on any atom is 0.349 e. The average molecular weight is 302 g/mol. The number of thiophene rings is 1. The Morgan fingerprint density at radius 1 is 1.42 bits per heavy atom. The molecule has 19 heavy (non-hydrogen) atoms. The zero-order valence-electron chi connectivity index (χ0n) is 10.6. The average Bonchev–Trinajstić information content (AvgIpc) is 3.00. The summed E-state index contributed by atoms with van der Waals surface area (Å²) in [6.45, 7) is 1.58. The molecule has 1 heterocycles. The Hall–Kier alpha value is -1.07. The topological polar surface area (TPSA) is 55.4 Å². The molecule has 1 fully saturated rings. The Balaban J connectivity index is 1.84. The Labute approximate surface area is 121 Å². The van der Waals surface area contributed by atoms with Gasteiger partial charge in [0, 0.05) is 6.04 Å². The quantitative estimate of drug-likeness (QED) is 0.870. The van der Waals surface area contributed by atoms with Crippen molar-refractivity contribution in [2.45, 2.75) is 44.8 Å². The van der Waals surface area contributed by atoms with Crippen molar-refractivity contribution in [3.05, 3.63) is 21.3 Å². The fourth-order valence-corrected chi connectivity index (χ4v) is 3.01. The van der Waals surface area contributed by atoms with Crippen LogP contribution in [-0.4, -0.2) is 24.0 Å². The minimum absolute atomic E-state index is 0.227. The molecule has 4 nitrogen and oxygen atoms in total. The first-order valence-electron chi connectivity index (χ1n) is 6.33. The lowest BCUT2D eigenvalue weighted by atomic mass is 10.2. The summed E-state index contributed by atoms with van der Waals surface area (Å²) in [5, 5.41) is 2.90. The van der Waals surface area contributed by atoms with E-state index in [2.05, 4.69) is 5.32 Å². The third kappa shape index (κ3) is 3.94. The molecule has 2 rings (SSSR count). The first kappa shape index (κ1) is 14.3. The molecule has 104 valence electrons. The molecule has 0 radical (unpaired) electrons. The van der Waals surface area contributed by atoms with Crippen LogP contribution in [0.25, 0.3) is 0 Å². The summed E-state index contributed by atoms with van der Waals surface area (Å²) in [6, 6.07) is 3.45. The molecular weight excluding hydrogens is 286 g/mol. The molecule has 0 bridgehead atoms. The summed E-state index contributed by atoms with van der Waals surface area (Å²) < 4.78 is 5.65. The molecule has 6 heteroatoms. The smallest absolute Gasteiger partial charge is 0.349 e. The molecule has 1 N–H and O–H groups in total. The second-order valence-corrected chi connectivity index (χ2v) is 6.36. The summed E-state index contributed by atoms with van der Waals surface area (Å²) >= 11 is 6.89. The maximum absolute atomic E-state index is 11.9. The third-order valence-electron chi connectivity index (χ3n) is 3.13. The highest BCUT2D eigenvalue weighted by atomic mass is 35.5. The molecule has 1 saturated carbocycles. The number of hydrogen-bond acceptors (Lipinski definition) is 4. The van der Waals surface area contributed by atoms with Gasteiger partial charge in [-0.05, 0) is 31.9 Å². The number of hydrogen-bond donors (Lipinski definition) is 1. The van der Waals surface area contributed by atoms with Gasteiger partial charge in [-0.2, -0.15) is 0 Å². The number of nitrogens with one attached hydrogen (secondary N) is 1. The van der Waals surface area contributed by atoms with E-state index in [1.54, 1.807) is 19.1 Å². The van der Waals surface area contributed by atoms with E-state index in [4.69, 9.17) is 16.3 Å². The standard InChI is InChI=1S/C13H16ClNO3S/c1-8(12(16)15-9-4-2-3-5-9)18-13(17)10-6-7-11(14)19-10/h6-9H,2-5H2,1H3,(H,15,16). The van der Waals surface area contributed by atoms with Gasteiger partial charge in [-0.1, -0.05) is 24.4 Å². The van der Waals surface area contributed by atoms with Crippen LogP contribution in [0.15, 0.2) is 12.1 Å². The van der Waals surface area contributed by atoms with Gasteiger partial charge in [-0.3, -0.25) is 4.79 Å². The van der Waals surface area contributed by atoms with Gasteiger partial charge >= 0.3 is 5.97 Å². The molecule has 0 aliphatic heterocycles. The van der Waals surface area contributed by atoms with Gasteiger partial charge in [0.25, 0.3) is 5.91 Å². The maximum atomic E-state index is 11.9. The van der Waals surface area contributed by atoms with Crippen molar-refractivity contribution in [2.24, 2.45) is 0 Å². The second-order valence-electron chi connectivity index (χ2n) is 4.64. The molecule has 0 aromatic carbocycles. The molecular formula is C13H16ClNO3S. The highest BCUT2D eigenvalue weighted by Crippen LogP contribution is 2.22. The van der Waals surface area contributed by atoms with Gasteiger partial charge in [0.2, 0.25) is 0 Å². The highest BCUT2D eigenvalue weighted by Gasteiger charge is 2.23. The van der Waals surface area contributed by atoms with Crippen LogP contribution in [0.3, 0.4) is 0 Å². The number of rotatable bonds is 4. The van der Waals surface area contributed by atoms with Crippen molar-refractivity contribution in [3.63, 3.8) is 0 Å². The van der Waals surface area contributed by atoms with Gasteiger partial charge in [0.1, 0.15) is 4.88 Å². The van der Waals surface area contributed by atoms with Crippen molar-refractivity contribution in [2.75, 3.05) is 0 Å². The fraction of sp³-hybridized carbons (Fsp3) is 0.538. The van der Waals surface area contributed by atoms with Crippen molar-refractivity contribution in [3.8, 4) is 0 Å². The molecule has 1 aliphatic carbocycles. The Morgan fingerprint density at radius 3 is 2.68 bits per heavy atom. The Morgan fingerprint density at radius 2 is 2.11 bits per heavy atom. The molecule has 1 atom stereocenters. The largest absolute Gasteiger partial charge is 0.448 e. The number of esters is 1. The van der Waals surface area contributed by atoms with E-state index < -0.39 is 12.1 Å². The summed E-state index contributed by atoms with van der Waals surface area (Å²) in [5.74, 6) is -0.742. The minimum atomic E-state index is -0.783. The number of ether oxygens (including phenoxy) is 1. The van der Waals surface area contributed by atoms with Crippen LogP contribution in [0.4, 0.5) is 0 Å². The molecule has 1 amide bonds. The van der Waals surface area contributed by atoms with Gasteiger partial charge < -0.3 is 10.1 Å². The van der Waals surface area contributed by atoms with Crippen LogP contribution in [0, 0.1) is 0 Å². The monoisotopic (exact) mass is 301 g/mol. The lowest BCUT2D eigenvalue weighted by molar-refractivity contribution is -0.129. The Bertz CT molecular complexity index is 468. The van der Waals surface area contributed by atoms with Crippen LogP contribution < -0.4 is 5.32 Å². The lowest BCUT2D eigenvalue weighted by Crippen LogP contribution is -2.40. The van der Waals surface area contributed by atoms with Gasteiger partial charge in [-0.25, -0.2) is 4.79 Å². The second kappa shape index (κ2) is 6.39. The van der Waals surface area contributed by atoms with E-state index in [-0.39, 0.29) is 11.9 Å². The molecule has 0 spiro atoms. The van der Waals surface area contributed by atoms with Crippen LogP contribution >= 0.6 is 22.9 Å². The third-order valence-corrected chi connectivity index (χ3v) is 4.34. The zero-order valence-corrected chi connectivity index (χ0v) is 12.2. The molecule has 1 aromatic rings. The highest BCUT2D eigenvalue weighted by molar-refractivity contribution is 7.17. The van der Waals surface area contributed by atoms with Crippen molar-refractivity contribution >= 4 is 34.8 Å². The van der Waals surface area contributed by atoms with E-state index in [1.165, 1.54) is 0 Å². The number of carbonyl (C=O) groups is 2. The summed E-state index contributed by atoms with van der Waals surface area (Å²) in [4.78, 5) is 24.0. The Kier molecular flexibility index (Phi) is 4.82. The first-order valence-corrected chi connectivity index (χ1v) is 7.52. The van der Waals surface area contributed by atoms with Gasteiger partial charge in [-0.15, -0.1) is 11.3 Å². The summed E-state index contributed by atoms with van der Waals surface area (Å²) in [5.41, 5.74) is 0. The normalized spacial score (nSPS) is 17.2. The van der Waals surface area contributed by atoms with E-state index >= 15 is 0 Å². The van der Waals surface area contributed by atoms with Gasteiger partial charge in [0.05, 0.1) is 4.34 Å². The number of halogens is 1. The van der Waals surface area contributed by atoms with E-state index in [1.807, 2.05) is 0 Å². The van der Waals surface area contributed by atoms with Crippen molar-refractivity contribution in [1.82, 2.24) is 5.32 Å². The zero-order chi connectivity index (χ0) is 13.8. The molecule has 1 aromatic heterocycles. The van der Waals surface area contributed by atoms with E-state index in [0.717, 1.165) is 37.0 Å². The van der Waals surface area contributed by atoms with Crippen molar-refractivity contribution < 1.29 is 14.3 Å². The summed E-state index contributed by atoms with van der Waals surface area (Å²) in [7, 11) is 0. The number of carbonyl (C=O) groups excluding carboxylic acids is 2. The van der Waals surface area contributed by atoms with Crippen LogP contribution in [0.5, 0.6) is 0 Å². The number of amides is 1. The SMILES string of the molecule is CC(OC(=O)c1ccc(Cl)s1)C(=O)NC1CCCC1. The predicted octanol–water partition coefficient (Wildman–Crippen LogP) is 3.01. The molecule has 1 unspecified atom stereocenters. The minimum Gasteiger partial charge on any atom is -0.448 e. The van der Waals surface area contributed by atoms with E-state index in [9.17, 15) is 9.59 Å². The molecule has 0 saturated heterocycles. The van der Waals surface area contributed by atoms with Gasteiger partial charge in [0.15, 0.2) is 6.10 Å². The lowest BCUT2D eigenvalue weighted by Gasteiger charge is -2.16. The van der Waals surface area contributed by atoms with Crippen LogP contribution in [-0.2, 0) is 9.53 Å². The predicted molar refractivity (Wildman–Crippen MR) is 74.6 cm³/mol. The van der Waals surface area contributed by atoms with E-state index in [0.29, 0.717) is 9.21 Å². The van der Waals surface area contributed by atoms with Crippen LogP contribution in [0.2, 0.25) is 4.34 Å². The fourth-order valence-electron chi connectivity index (χ4n) is 2.08. The van der Waals surface area contributed by atoms with Crippen LogP contribution in [0.1, 0.15) is 42.3 Å². The summed E-state index contributed by atoms with van der Waals surface area (Å²) in [6.07, 6.45) is 3.52. The molecule has 1 aliphatic rings. The first-order chi connectivity index (χ1) is 9.06.